The number of ether oxygens (including phenoxy) is 3. The molecule has 0 aliphatic rings. The smallest absolute Gasteiger partial charge is 0.309 e. The van der Waals surface area contributed by atoms with Crippen molar-refractivity contribution < 1.29 is 28.6 Å². The van der Waals surface area contributed by atoms with E-state index in [1.54, 1.807) is 6.08 Å². The first kappa shape index (κ1) is 55.6. The summed E-state index contributed by atoms with van der Waals surface area (Å²) in [6.07, 6.45) is 60.1. The molecule has 0 N–H and O–H groups in total. The Labute approximate surface area is 363 Å². The van der Waals surface area contributed by atoms with Crippen LogP contribution in [0.1, 0.15) is 213 Å². The normalized spacial score (nSPS) is 12.8. The molecule has 0 aliphatic carbocycles. The highest BCUT2D eigenvalue weighted by Gasteiger charge is 2.19. The highest BCUT2D eigenvalue weighted by molar-refractivity contribution is 5.72. The van der Waals surface area contributed by atoms with Gasteiger partial charge in [0.1, 0.15) is 13.2 Å². The second-order valence-electron chi connectivity index (χ2n) is 15.7. The molecule has 1 atom stereocenters. The number of rotatable bonds is 42. The van der Waals surface area contributed by atoms with Crippen LogP contribution in [0.2, 0.25) is 0 Å². The van der Waals surface area contributed by atoms with Crippen LogP contribution in [0.25, 0.3) is 0 Å². The first-order chi connectivity index (χ1) is 29.0. The summed E-state index contributed by atoms with van der Waals surface area (Å²) in [6, 6.07) is 0. The molecule has 0 fully saturated rings. The van der Waals surface area contributed by atoms with E-state index in [0.29, 0.717) is 12.8 Å². The highest BCUT2D eigenvalue weighted by atomic mass is 16.6. The molecule has 1 unspecified atom stereocenters. The lowest BCUT2D eigenvalue weighted by atomic mass is 10.0. The van der Waals surface area contributed by atoms with E-state index >= 15 is 0 Å². The van der Waals surface area contributed by atoms with Gasteiger partial charge in [-0.3, -0.25) is 14.4 Å². The van der Waals surface area contributed by atoms with Crippen LogP contribution in [-0.4, -0.2) is 37.2 Å². The summed E-state index contributed by atoms with van der Waals surface area (Å²) >= 11 is 0. The van der Waals surface area contributed by atoms with E-state index in [1.165, 1.54) is 77.0 Å². The number of hydrogen-bond donors (Lipinski definition) is 0. The van der Waals surface area contributed by atoms with Gasteiger partial charge in [0, 0.05) is 12.8 Å². The molecule has 0 bridgehead atoms. The maximum atomic E-state index is 12.7. The maximum Gasteiger partial charge on any atom is 0.309 e. The van der Waals surface area contributed by atoms with Crippen molar-refractivity contribution in [2.24, 2.45) is 0 Å². The molecule has 0 aliphatic heterocycles. The zero-order valence-electron chi connectivity index (χ0n) is 38.2. The van der Waals surface area contributed by atoms with Crippen LogP contribution in [0.5, 0.6) is 0 Å². The minimum Gasteiger partial charge on any atom is -0.462 e. The molecule has 0 saturated heterocycles. The van der Waals surface area contributed by atoms with Crippen molar-refractivity contribution in [1.82, 2.24) is 0 Å². The zero-order valence-corrected chi connectivity index (χ0v) is 38.2. The summed E-state index contributed by atoms with van der Waals surface area (Å²) in [6.45, 7) is 6.36. The standard InChI is InChI=1S/C53H88O6/c1-4-7-10-13-16-19-22-25-27-29-31-34-37-40-43-46-52(55)58-49-50(48-57-51(54)45-42-39-36-33-30-24-21-18-15-12-9-6-3)59-53(56)47-44-41-38-35-32-28-26-23-20-17-14-11-8-5-2/h7,10,14,16-17,19,23,25-27,31,34,40,43,50H,4-6,8-9,11-13,15,18,20-22,24,28-30,32-33,35-39,41-42,44-49H2,1-3H3/b10-7-,17-14-,19-16-,26-23-,27-25-,34-31-,43-40-. The van der Waals surface area contributed by atoms with Gasteiger partial charge in [0.05, 0.1) is 6.42 Å². The molecule has 0 amide bonds. The molecule has 6 nitrogen and oxygen atoms in total. The lowest BCUT2D eigenvalue weighted by Crippen LogP contribution is -2.30. The predicted molar refractivity (Wildman–Crippen MR) is 251 cm³/mol. The summed E-state index contributed by atoms with van der Waals surface area (Å²) in [7, 11) is 0. The summed E-state index contributed by atoms with van der Waals surface area (Å²) < 4.78 is 16.6. The van der Waals surface area contributed by atoms with Crippen LogP contribution in [0.3, 0.4) is 0 Å². The Balaban J connectivity index is 4.54. The van der Waals surface area contributed by atoms with Crippen molar-refractivity contribution in [3.8, 4) is 0 Å². The van der Waals surface area contributed by atoms with Crippen molar-refractivity contribution in [1.29, 1.82) is 0 Å². The Hall–Kier alpha value is -3.41. The number of allylic oxidation sites excluding steroid dienone is 13. The van der Waals surface area contributed by atoms with Crippen molar-refractivity contribution in [2.75, 3.05) is 13.2 Å². The van der Waals surface area contributed by atoms with Crippen LogP contribution in [0.15, 0.2) is 85.1 Å². The molecule has 336 valence electrons. The van der Waals surface area contributed by atoms with Gasteiger partial charge in [-0.15, -0.1) is 0 Å². The van der Waals surface area contributed by atoms with Crippen molar-refractivity contribution in [2.45, 2.75) is 219 Å². The molecule has 0 aromatic heterocycles. The Morgan fingerprint density at radius 2 is 0.746 bits per heavy atom. The Kier molecular flexibility index (Phi) is 44.5. The Bertz CT molecular complexity index is 1170. The fourth-order valence-corrected chi connectivity index (χ4v) is 6.30. The SMILES string of the molecule is CC/C=C\C/C=C\C/C=C\C/C=C\C/C=C\CC(=O)OCC(COC(=O)CCCCCCCCCCCCCC)OC(=O)CCCCCCC/C=C\C/C=C\CCCC. The molecule has 0 saturated carbocycles. The molecule has 0 spiro atoms. The molecule has 6 heteroatoms. The van der Waals surface area contributed by atoms with Crippen molar-refractivity contribution in [3.63, 3.8) is 0 Å². The van der Waals surface area contributed by atoms with Crippen LogP contribution >= 0.6 is 0 Å². The third kappa shape index (κ3) is 45.5. The first-order valence-corrected chi connectivity index (χ1v) is 24.1. The quantitative estimate of drug-likeness (QED) is 0.0264. The van der Waals surface area contributed by atoms with Crippen LogP contribution in [-0.2, 0) is 28.6 Å². The molecular formula is C53H88O6. The van der Waals surface area contributed by atoms with Crippen molar-refractivity contribution >= 4 is 17.9 Å². The second kappa shape index (κ2) is 47.3. The van der Waals surface area contributed by atoms with Gasteiger partial charge in [-0.25, -0.2) is 0 Å². The van der Waals surface area contributed by atoms with E-state index < -0.39 is 12.1 Å². The minimum atomic E-state index is -0.820. The first-order valence-electron chi connectivity index (χ1n) is 24.1. The van der Waals surface area contributed by atoms with Gasteiger partial charge in [-0.1, -0.05) is 209 Å². The number of carbonyl (C=O) groups is 3. The highest BCUT2D eigenvalue weighted by Crippen LogP contribution is 2.14. The Morgan fingerprint density at radius 1 is 0.373 bits per heavy atom. The van der Waals surface area contributed by atoms with E-state index in [4.69, 9.17) is 14.2 Å². The predicted octanol–water partition coefficient (Wildman–Crippen LogP) is 15.6. The third-order valence-corrected chi connectivity index (χ3v) is 9.92. The summed E-state index contributed by atoms with van der Waals surface area (Å²) in [5.74, 6) is -1.06. The largest absolute Gasteiger partial charge is 0.462 e. The molecular weight excluding hydrogens is 733 g/mol. The van der Waals surface area contributed by atoms with Gasteiger partial charge in [-0.05, 0) is 70.6 Å². The molecule has 0 heterocycles. The summed E-state index contributed by atoms with van der Waals surface area (Å²) in [4.78, 5) is 37.8. The maximum absolute atomic E-state index is 12.7. The van der Waals surface area contributed by atoms with E-state index in [9.17, 15) is 14.4 Å². The molecule has 0 rings (SSSR count). The van der Waals surface area contributed by atoms with E-state index in [2.05, 4.69) is 93.7 Å². The van der Waals surface area contributed by atoms with E-state index in [-0.39, 0.29) is 31.6 Å². The number of hydrogen-bond acceptors (Lipinski definition) is 6. The van der Waals surface area contributed by atoms with Gasteiger partial charge < -0.3 is 14.2 Å². The summed E-state index contributed by atoms with van der Waals surface area (Å²) in [5, 5.41) is 0. The third-order valence-electron chi connectivity index (χ3n) is 9.92. The fraction of sp³-hybridized carbons (Fsp3) is 0.679. The fourth-order valence-electron chi connectivity index (χ4n) is 6.30. The molecule has 0 aromatic rings. The number of unbranched alkanes of at least 4 members (excludes halogenated alkanes) is 18. The lowest BCUT2D eigenvalue weighted by molar-refractivity contribution is -0.166. The monoisotopic (exact) mass is 821 g/mol. The van der Waals surface area contributed by atoms with E-state index in [0.717, 1.165) is 96.3 Å². The molecule has 59 heavy (non-hydrogen) atoms. The lowest BCUT2D eigenvalue weighted by Gasteiger charge is -2.18. The van der Waals surface area contributed by atoms with Gasteiger partial charge in [-0.2, -0.15) is 0 Å². The number of esters is 3. The van der Waals surface area contributed by atoms with Gasteiger partial charge in [0.25, 0.3) is 0 Å². The Morgan fingerprint density at radius 3 is 1.24 bits per heavy atom. The zero-order chi connectivity index (χ0) is 43.0. The summed E-state index contributed by atoms with van der Waals surface area (Å²) in [5.41, 5.74) is 0. The van der Waals surface area contributed by atoms with Crippen LogP contribution in [0.4, 0.5) is 0 Å². The number of carbonyl (C=O) groups excluding carboxylic acids is 3. The molecule has 0 aromatic carbocycles. The van der Waals surface area contributed by atoms with E-state index in [1.807, 2.05) is 6.08 Å². The topological polar surface area (TPSA) is 78.9 Å². The van der Waals surface area contributed by atoms with Gasteiger partial charge in [0.15, 0.2) is 6.10 Å². The minimum absolute atomic E-state index is 0.111. The average Bonchev–Trinajstić information content (AvgIpc) is 3.23. The molecule has 0 radical (unpaired) electrons. The van der Waals surface area contributed by atoms with Crippen LogP contribution in [0, 0.1) is 0 Å². The van der Waals surface area contributed by atoms with Crippen molar-refractivity contribution in [3.05, 3.63) is 85.1 Å². The van der Waals surface area contributed by atoms with Gasteiger partial charge in [0.2, 0.25) is 0 Å². The van der Waals surface area contributed by atoms with Crippen LogP contribution < -0.4 is 0 Å². The van der Waals surface area contributed by atoms with Gasteiger partial charge >= 0.3 is 17.9 Å². The second-order valence-corrected chi connectivity index (χ2v) is 15.7. The average molecular weight is 821 g/mol.